The molecule has 0 spiro atoms. The monoisotopic (exact) mass is 195 g/mol. The second-order valence-electron chi connectivity index (χ2n) is 3.09. The van der Waals surface area contributed by atoms with E-state index in [1.54, 1.807) is 6.34 Å². The normalized spacial score (nSPS) is 26.8. The minimum absolute atomic E-state index is 0.539. The summed E-state index contributed by atoms with van der Waals surface area (Å²) in [6.45, 7) is 1.88. The van der Waals surface area contributed by atoms with Gasteiger partial charge in [-0.3, -0.25) is 0 Å². The zero-order chi connectivity index (χ0) is 9.31. The second-order valence-corrected chi connectivity index (χ2v) is 3.88. The van der Waals surface area contributed by atoms with E-state index in [1.165, 1.54) is 0 Å². The smallest absolute Gasteiger partial charge is 0.131 e. The van der Waals surface area contributed by atoms with Crippen LogP contribution in [-0.4, -0.2) is 16.3 Å². The molecule has 0 radical (unpaired) electrons. The van der Waals surface area contributed by atoms with Gasteiger partial charge in [-0.25, -0.2) is 4.99 Å². The van der Waals surface area contributed by atoms with Crippen molar-refractivity contribution >= 4 is 23.6 Å². The van der Waals surface area contributed by atoms with Crippen LogP contribution in [0.4, 0.5) is 0 Å². The Hall–Kier alpha value is -1.22. The topological polar surface area (TPSA) is 40.2 Å². The molecule has 2 N–H and O–H groups in total. The minimum Gasteiger partial charge on any atom is -0.360 e. The summed E-state index contributed by atoms with van der Waals surface area (Å²) in [6, 6.07) is 3.89. The predicted octanol–water partition coefficient (Wildman–Crippen LogP) is 1.94. The van der Waals surface area contributed by atoms with Gasteiger partial charge in [0.1, 0.15) is 5.00 Å². The summed E-state index contributed by atoms with van der Waals surface area (Å²) >= 11 is 6.09. The van der Waals surface area contributed by atoms with E-state index in [-0.39, 0.29) is 0 Å². The quantitative estimate of drug-likeness (QED) is 0.522. The Kier molecular flexibility index (Phi) is 1.88. The van der Waals surface area contributed by atoms with Gasteiger partial charge in [-0.1, -0.05) is 11.6 Å². The van der Waals surface area contributed by atoms with E-state index < -0.39 is 5.00 Å². The van der Waals surface area contributed by atoms with Gasteiger partial charge in [0.15, 0.2) is 0 Å². The fraction of sp³-hybridized carbons (Fsp3) is 0.222. The SMILES string of the molecule is CC1(Cl)C=C(c2ccc[nH]2)N=CN1. The molecule has 0 fully saturated rings. The molecule has 0 aromatic carbocycles. The number of hydrogen-bond donors (Lipinski definition) is 2. The van der Waals surface area contributed by atoms with Crippen molar-refractivity contribution in [2.75, 3.05) is 0 Å². The third-order valence-electron chi connectivity index (χ3n) is 1.83. The molecule has 2 heterocycles. The maximum absolute atomic E-state index is 6.09. The van der Waals surface area contributed by atoms with Crippen molar-refractivity contribution in [2.24, 2.45) is 4.99 Å². The van der Waals surface area contributed by atoms with Gasteiger partial charge in [0.2, 0.25) is 0 Å². The van der Waals surface area contributed by atoms with E-state index in [1.807, 2.05) is 31.3 Å². The Bertz CT molecular complexity index is 349. The molecule has 68 valence electrons. The molecule has 0 saturated carbocycles. The van der Waals surface area contributed by atoms with Crippen LogP contribution in [0.2, 0.25) is 0 Å². The van der Waals surface area contributed by atoms with Crippen molar-refractivity contribution in [1.29, 1.82) is 0 Å². The number of aromatic nitrogens is 1. The summed E-state index contributed by atoms with van der Waals surface area (Å²) < 4.78 is 0. The standard InChI is InChI=1S/C9H10ClN3/c1-9(10)5-8(12-6-13-9)7-3-2-4-11-7/h2-6,11H,1H3,(H,12,13). The van der Waals surface area contributed by atoms with Crippen LogP contribution < -0.4 is 5.32 Å². The van der Waals surface area contributed by atoms with Crippen molar-refractivity contribution < 1.29 is 0 Å². The molecule has 0 bridgehead atoms. The third kappa shape index (κ3) is 1.75. The molecule has 4 heteroatoms. The number of rotatable bonds is 1. The number of halogens is 1. The lowest BCUT2D eigenvalue weighted by molar-refractivity contribution is 0.728. The summed E-state index contributed by atoms with van der Waals surface area (Å²) in [5, 5.41) is 2.93. The highest BCUT2D eigenvalue weighted by molar-refractivity contribution is 6.26. The molecular weight excluding hydrogens is 186 g/mol. The van der Waals surface area contributed by atoms with Gasteiger partial charge in [-0.05, 0) is 25.1 Å². The summed E-state index contributed by atoms with van der Waals surface area (Å²) in [5.74, 6) is 0. The predicted molar refractivity (Wildman–Crippen MR) is 54.7 cm³/mol. The first-order valence-electron chi connectivity index (χ1n) is 4.03. The molecule has 1 aliphatic heterocycles. The first-order chi connectivity index (χ1) is 6.17. The Labute approximate surface area is 81.5 Å². The Morgan fingerprint density at radius 1 is 1.54 bits per heavy atom. The van der Waals surface area contributed by atoms with E-state index in [4.69, 9.17) is 11.6 Å². The molecule has 3 nitrogen and oxygen atoms in total. The van der Waals surface area contributed by atoms with Gasteiger partial charge in [0.05, 0.1) is 17.7 Å². The molecular formula is C9H10ClN3. The number of H-pyrrole nitrogens is 1. The van der Waals surface area contributed by atoms with Crippen molar-refractivity contribution in [3.8, 4) is 0 Å². The Morgan fingerprint density at radius 3 is 3.00 bits per heavy atom. The summed E-state index contributed by atoms with van der Waals surface area (Å²) in [5.41, 5.74) is 1.84. The highest BCUT2D eigenvalue weighted by atomic mass is 35.5. The Morgan fingerprint density at radius 2 is 2.38 bits per heavy atom. The van der Waals surface area contributed by atoms with E-state index >= 15 is 0 Å². The molecule has 0 amide bonds. The van der Waals surface area contributed by atoms with Crippen LogP contribution in [0.5, 0.6) is 0 Å². The van der Waals surface area contributed by atoms with Gasteiger partial charge in [0, 0.05) is 6.20 Å². The van der Waals surface area contributed by atoms with E-state index in [9.17, 15) is 0 Å². The molecule has 2 rings (SSSR count). The minimum atomic E-state index is -0.539. The molecule has 0 saturated heterocycles. The number of nitrogens with zero attached hydrogens (tertiary/aromatic N) is 1. The van der Waals surface area contributed by atoms with Crippen LogP contribution in [0.25, 0.3) is 5.70 Å². The van der Waals surface area contributed by atoms with E-state index in [0.717, 1.165) is 11.4 Å². The highest BCUT2D eigenvalue weighted by Crippen LogP contribution is 2.23. The summed E-state index contributed by atoms with van der Waals surface area (Å²) in [7, 11) is 0. The van der Waals surface area contributed by atoms with Crippen LogP contribution in [0, 0.1) is 0 Å². The number of aliphatic imine (C=N–C) groups is 1. The zero-order valence-corrected chi connectivity index (χ0v) is 7.97. The summed E-state index contributed by atoms with van der Waals surface area (Å²) in [4.78, 5) is 6.71. The third-order valence-corrected chi connectivity index (χ3v) is 2.05. The first kappa shape index (κ1) is 8.38. The number of hydrogen-bond acceptors (Lipinski definition) is 2. The summed E-state index contributed by atoms with van der Waals surface area (Å²) in [6.07, 6.45) is 5.35. The van der Waals surface area contributed by atoms with E-state index in [0.29, 0.717) is 0 Å². The van der Waals surface area contributed by atoms with Gasteiger partial charge < -0.3 is 10.3 Å². The van der Waals surface area contributed by atoms with Crippen molar-refractivity contribution in [1.82, 2.24) is 10.3 Å². The number of alkyl halides is 1. The lowest BCUT2D eigenvalue weighted by atomic mass is 10.2. The van der Waals surface area contributed by atoms with Gasteiger partial charge in [-0.2, -0.15) is 0 Å². The van der Waals surface area contributed by atoms with Gasteiger partial charge in [0.25, 0.3) is 0 Å². The average Bonchev–Trinajstić information content (AvgIpc) is 2.53. The molecule has 1 atom stereocenters. The second kappa shape index (κ2) is 2.92. The zero-order valence-electron chi connectivity index (χ0n) is 7.21. The fourth-order valence-electron chi connectivity index (χ4n) is 1.20. The van der Waals surface area contributed by atoms with Crippen LogP contribution >= 0.6 is 11.6 Å². The lowest BCUT2D eigenvalue weighted by Crippen LogP contribution is -2.35. The van der Waals surface area contributed by atoms with Crippen LogP contribution in [-0.2, 0) is 0 Å². The average molecular weight is 196 g/mol. The molecule has 1 aromatic rings. The number of aromatic amines is 1. The molecule has 1 unspecified atom stereocenters. The van der Waals surface area contributed by atoms with Gasteiger partial charge >= 0.3 is 0 Å². The van der Waals surface area contributed by atoms with Crippen molar-refractivity contribution in [3.05, 3.63) is 30.1 Å². The molecule has 13 heavy (non-hydrogen) atoms. The number of nitrogens with one attached hydrogen (secondary N) is 2. The Balaban J connectivity index is 2.35. The fourth-order valence-corrected chi connectivity index (χ4v) is 1.35. The highest BCUT2D eigenvalue weighted by Gasteiger charge is 2.20. The van der Waals surface area contributed by atoms with Gasteiger partial charge in [-0.15, -0.1) is 0 Å². The van der Waals surface area contributed by atoms with Crippen LogP contribution in [0.1, 0.15) is 12.6 Å². The first-order valence-corrected chi connectivity index (χ1v) is 4.41. The van der Waals surface area contributed by atoms with Crippen LogP contribution in [0.15, 0.2) is 29.4 Å². The maximum atomic E-state index is 6.09. The maximum Gasteiger partial charge on any atom is 0.131 e. The van der Waals surface area contributed by atoms with Crippen LogP contribution in [0.3, 0.4) is 0 Å². The molecule has 1 aliphatic rings. The lowest BCUT2D eigenvalue weighted by Gasteiger charge is -2.22. The molecule has 1 aromatic heterocycles. The largest absolute Gasteiger partial charge is 0.360 e. The van der Waals surface area contributed by atoms with Crippen molar-refractivity contribution in [3.63, 3.8) is 0 Å². The van der Waals surface area contributed by atoms with Crippen molar-refractivity contribution in [2.45, 2.75) is 11.9 Å². The van der Waals surface area contributed by atoms with E-state index in [2.05, 4.69) is 15.3 Å². The molecule has 0 aliphatic carbocycles.